The third kappa shape index (κ3) is 3.55. The SMILES string of the molecule is Cc1ccc([C@H]2OC(C)(C)O[C@H]2C(=O)c2ccc(Br)cc2)cc1. The maximum Gasteiger partial charge on any atom is 0.194 e. The number of carbonyl (C=O) groups is 1. The Morgan fingerprint density at radius 2 is 1.61 bits per heavy atom. The van der Waals surface area contributed by atoms with Gasteiger partial charge in [0.25, 0.3) is 0 Å². The lowest BCUT2D eigenvalue weighted by Gasteiger charge is -2.17. The lowest BCUT2D eigenvalue weighted by molar-refractivity contribution is -0.143. The average Bonchev–Trinajstić information content (AvgIpc) is 2.84. The molecule has 1 fully saturated rings. The Balaban J connectivity index is 1.92. The van der Waals surface area contributed by atoms with Crippen LogP contribution in [-0.4, -0.2) is 17.7 Å². The minimum absolute atomic E-state index is 0.0614. The summed E-state index contributed by atoms with van der Waals surface area (Å²) in [6.45, 7) is 5.70. The molecule has 2 aromatic carbocycles. The Labute approximate surface area is 144 Å². The molecule has 1 aliphatic heterocycles. The normalized spacial score (nSPS) is 23.0. The summed E-state index contributed by atoms with van der Waals surface area (Å²) in [5, 5.41) is 0. The summed E-state index contributed by atoms with van der Waals surface area (Å²) in [6.07, 6.45) is -1.05. The molecule has 1 aliphatic rings. The molecular weight excluding hydrogens is 356 g/mol. The van der Waals surface area contributed by atoms with E-state index in [4.69, 9.17) is 9.47 Å². The Morgan fingerprint density at radius 3 is 2.22 bits per heavy atom. The van der Waals surface area contributed by atoms with Gasteiger partial charge < -0.3 is 9.47 Å². The summed E-state index contributed by atoms with van der Waals surface area (Å²) < 4.78 is 12.8. The summed E-state index contributed by atoms with van der Waals surface area (Å²) >= 11 is 3.38. The number of aryl methyl sites for hydroxylation is 1. The van der Waals surface area contributed by atoms with Gasteiger partial charge in [0.1, 0.15) is 6.10 Å². The van der Waals surface area contributed by atoms with Gasteiger partial charge in [-0.1, -0.05) is 57.9 Å². The van der Waals surface area contributed by atoms with Gasteiger partial charge in [-0.2, -0.15) is 0 Å². The van der Waals surface area contributed by atoms with Crippen LogP contribution in [0.4, 0.5) is 0 Å². The first-order valence-corrected chi connectivity index (χ1v) is 8.37. The minimum atomic E-state index is -0.786. The summed E-state index contributed by atoms with van der Waals surface area (Å²) in [6, 6.07) is 15.3. The van der Waals surface area contributed by atoms with Crippen LogP contribution in [0.5, 0.6) is 0 Å². The van der Waals surface area contributed by atoms with Crippen molar-refractivity contribution < 1.29 is 14.3 Å². The summed E-state index contributed by atoms with van der Waals surface area (Å²) in [4.78, 5) is 12.9. The van der Waals surface area contributed by atoms with Gasteiger partial charge >= 0.3 is 0 Å². The lowest BCUT2D eigenvalue weighted by atomic mass is 9.97. The number of hydrogen-bond acceptors (Lipinski definition) is 3. The van der Waals surface area contributed by atoms with E-state index in [0.717, 1.165) is 10.0 Å². The van der Waals surface area contributed by atoms with Crippen LogP contribution < -0.4 is 0 Å². The molecule has 0 N–H and O–H groups in total. The molecule has 3 rings (SSSR count). The number of rotatable bonds is 3. The first kappa shape index (κ1) is 16.4. The predicted octanol–water partition coefficient (Wildman–Crippen LogP) is 4.83. The van der Waals surface area contributed by atoms with Crippen molar-refractivity contribution in [1.82, 2.24) is 0 Å². The number of hydrogen-bond donors (Lipinski definition) is 0. The molecule has 0 saturated carbocycles. The van der Waals surface area contributed by atoms with Gasteiger partial charge in [-0.25, -0.2) is 0 Å². The molecule has 0 spiro atoms. The van der Waals surface area contributed by atoms with Crippen LogP contribution in [0.25, 0.3) is 0 Å². The lowest BCUT2D eigenvalue weighted by Crippen LogP contribution is -2.28. The van der Waals surface area contributed by atoms with E-state index in [1.54, 1.807) is 12.1 Å². The first-order chi connectivity index (χ1) is 10.9. The van der Waals surface area contributed by atoms with Gasteiger partial charge in [-0.3, -0.25) is 4.79 Å². The summed E-state index contributed by atoms with van der Waals surface area (Å²) in [5.74, 6) is -0.848. The number of halogens is 1. The van der Waals surface area contributed by atoms with E-state index in [1.807, 2.05) is 57.2 Å². The van der Waals surface area contributed by atoms with Crippen molar-refractivity contribution in [2.45, 2.75) is 38.8 Å². The zero-order valence-electron chi connectivity index (χ0n) is 13.4. The molecule has 0 bridgehead atoms. The molecule has 0 radical (unpaired) electrons. The molecule has 4 heteroatoms. The third-order valence-electron chi connectivity index (χ3n) is 3.89. The van der Waals surface area contributed by atoms with Gasteiger partial charge in [-0.05, 0) is 38.5 Å². The van der Waals surface area contributed by atoms with E-state index in [9.17, 15) is 4.79 Å². The molecule has 0 unspecified atom stereocenters. The van der Waals surface area contributed by atoms with Crippen molar-refractivity contribution in [3.63, 3.8) is 0 Å². The van der Waals surface area contributed by atoms with Crippen LogP contribution in [0.15, 0.2) is 53.0 Å². The van der Waals surface area contributed by atoms with Crippen LogP contribution in [0.2, 0.25) is 0 Å². The predicted molar refractivity (Wildman–Crippen MR) is 92.4 cm³/mol. The molecular formula is C19H19BrO3. The van der Waals surface area contributed by atoms with Crippen molar-refractivity contribution in [2.24, 2.45) is 0 Å². The van der Waals surface area contributed by atoms with Crippen LogP contribution in [0.3, 0.4) is 0 Å². The van der Waals surface area contributed by atoms with Gasteiger partial charge in [0, 0.05) is 10.0 Å². The van der Waals surface area contributed by atoms with E-state index in [1.165, 1.54) is 5.56 Å². The van der Waals surface area contributed by atoms with Crippen LogP contribution >= 0.6 is 15.9 Å². The second kappa shape index (κ2) is 6.19. The van der Waals surface area contributed by atoms with E-state index in [2.05, 4.69) is 15.9 Å². The highest BCUT2D eigenvalue weighted by atomic mass is 79.9. The van der Waals surface area contributed by atoms with Crippen molar-refractivity contribution >= 4 is 21.7 Å². The van der Waals surface area contributed by atoms with E-state index in [-0.39, 0.29) is 5.78 Å². The second-order valence-corrected chi connectivity index (χ2v) is 7.17. The number of ketones is 1. The van der Waals surface area contributed by atoms with Crippen LogP contribution in [0.1, 0.15) is 41.4 Å². The molecule has 23 heavy (non-hydrogen) atoms. The molecule has 1 heterocycles. The molecule has 0 aliphatic carbocycles. The Morgan fingerprint density at radius 1 is 1.00 bits per heavy atom. The monoisotopic (exact) mass is 374 g/mol. The Kier molecular flexibility index (Phi) is 4.41. The van der Waals surface area contributed by atoms with Gasteiger partial charge in [0.05, 0.1) is 0 Å². The van der Waals surface area contributed by atoms with E-state index in [0.29, 0.717) is 5.56 Å². The summed E-state index contributed by atoms with van der Waals surface area (Å²) in [7, 11) is 0. The van der Waals surface area contributed by atoms with Gasteiger partial charge in [0.15, 0.2) is 17.7 Å². The fraction of sp³-hybridized carbons (Fsp3) is 0.316. The second-order valence-electron chi connectivity index (χ2n) is 6.26. The van der Waals surface area contributed by atoms with Gasteiger partial charge in [-0.15, -0.1) is 0 Å². The van der Waals surface area contributed by atoms with Crippen molar-refractivity contribution in [2.75, 3.05) is 0 Å². The highest BCUT2D eigenvalue weighted by Crippen LogP contribution is 2.39. The van der Waals surface area contributed by atoms with Gasteiger partial charge in [0.2, 0.25) is 0 Å². The fourth-order valence-electron chi connectivity index (χ4n) is 2.73. The number of benzene rings is 2. The minimum Gasteiger partial charge on any atom is -0.339 e. The number of carbonyl (C=O) groups excluding carboxylic acids is 1. The Hall–Kier alpha value is -1.49. The topological polar surface area (TPSA) is 35.5 Å². The summed E-state index contributed by atoms with van der Waals surface area (Å²) in [5.41, 5.74) is 2.75. The quantitative estimate of drug-likeness (QED) is 0.721. The standard InChI is InChI=1S/C19H19BrO3/c1-12-4-6-14(7-5-12)17-18(23-19(2,3)22-17)16(21)13-8-10-15(20)11-9-13/h4-11,17-18H,1-3H3/t17-,18+/m1/s1. The fourth-order valence-corrected chi connectivity index (χ4v) is 3.00. The maximum absolute atomic E-state index is 12.9. The van der Waals surface area contributed by atoms with Crippen molar-refractivity contribution in [3.05, 3.63) is 69.7 Å². The zero-order valence-corrected chi connectivity index (χ0v) is 15.0. The molecule has 2 atom stereocenters. The molecule has 1 saturated heterocycles. The zero-order chi connectivity index (χ0) is 16.6. The van der Waals surface area contributed by atoms with E-state index < -0.39 is 18.0 Å². The van der Waals surface area contributed by atoms with Crippen LogP contribution in [0, 0.1) is 6.92 Å². The molecule has 120 valence electrons. The molecule has 2 aromatic rings. The highest BCUT2D eigenvalue weighted by Gasteiger charge is 2.45. The third-order valence-corrected chi connectivity index (χ3v) is 4.42. The number of Topliss-reactive ketones (excluding diaryl/α,β-unsaturated/α-hetero) is 1. The number of ether oxygens (including phenoxy) is 2. The van der Waals surface area contributed by atoms with E-state index >= 15 is 0 Å². The molecule has 0 amide bonds. The maximum atomic E-state index is 12.9. The average molecular weight is 375 g/mol. The van der Waals surface area contributed by atoms with Crippen molar-refractivity contribution in [1.29, 1.82) is 0 Å². The van der Waals surface area contributed by atoms with Crippen molar-refractivity contribution in [3.8, 4) is 0 Å². The first-order valence-electron chi connectivity index (χ1n) is 7.58. The molecule has 0 aromatic heterocycles. The molecule has 3 nitrogen and oxygen atoms in total. The smallest absolute Gasteiger partial charge is 0.194 e. The van der Waals surface area contributed by atoms with Crippen LogP contribution in [-0.2, 0) is 9.47 Å². The largest absolute Gasteiger partial charge is 0.339 e. The Bertz CT molecular complexity index is 704. The highest BCUT2D eigenvalue weighted by molar-refractivity contribution is 9.10.